The van der Waals surface area contributed by atoms with E-state index in [-0.39, 0.29) is 6.61 Å². The van der Waals surface area contributed by atoms with Gasteiger partial charge in [0.05, 0.1) is 6.61 Å². The van der Waals surface area contributed by atoms with Gasteiger partial charge in [-0.3, -0.25) is 0 Å². The third kappa shape index (κ3) is 19.9. The van der Waals surface area contributed by atoms with Crippen molar-refractivity contribution in [1.29, 1.82) is 0 Å². The Labute approximate surface area is 133 Å². The highest BCUT2D eigenvalue weighted by atomic mass is 16.3. The van der Waals surface area contributed by atoms with Crippen molar-refractivity contribution in [3.63, 3.8) is 0 Å². The van der Waals surface area contributed by atoms with Gasteiger partial charge < -0.3 is 5.11 Å². The first-order valence-corrected chi connectivity index (χ1v) is 9.60. The van der Waals surface area contributed by atoms with Gasteiger partial charge in [-0.15, -0.1) is 0 Å². The van der Waals surface area contributed by atoms with Crippen LogP contribution in [0.25, 0.3) is 0 Å². The van der Waals surface area contributed by atoms with Gasteiger partial charge in [-0.1, -0.05) is 96.3 Å². The Bertz CT molecular complexity index is 153. The minimum absolute atomic E-state index is 0.114. The van der Waals surface area contributed by atoms with E-state index in [0.717, 1.165) is 19.3 Å². The van der Waals surface area contributed by atoms with Crippen molar-refractivity contribution < 1.29 is 10.2 Å². The van der Waals surface area contributed by atoms with E-state index in [9.17, 15) is 5.11 Å². The highest BCUT2D eigenvalue weighted by molar-refractivity contribution is 4.50. The lowest BCUT2D eigenvalue weighted by molar-refractivity contribution is 0.186. The molecule has 0 bridgehead atoms. The summed E-state index contributed by atoms with van der Waals surface area (Å²) in [4.78, 5) is 0. The topological polar surface area (TPSA) is 40.1 Å². The van der Waals surface area contributed by atoms with Crippen LogP contribution in [0.5, 0.6) is 0 Å². The van der Waals surface area contributed by atoms with Crippen molar-refractivity contribution in [1.82, 2.24) is 0 Å². The van der Waals surface area contributed by atoms with Crippen LogP contribution in [0, 0.1) is 0 Å². The molecule has 0 aliphatic heterocycles. The van der Waals surface area contributed by atoms with Gasteiger partial charge >= 0.3 is 0 Å². The van der Waals surface area contributed by atoms with Gasteiger partial charge in [-0.05, 0) is 12.8 Å². The molecule has 2 heteroatoms. The maximum atomic E-state index is 10.3. The second-order valence-electron chi connectivity index (χ2n) is 6.44. The van der Waals surface area contributed by atoms with Crippen LogP contribution in [0.4, 0.5) is 0 Å². The summed E-state index contributed by atoms with van der Waals surface area (Å²) >= 11 is 0. The molecule has 0 fully saturated rings. The van der Waals surface area contributed by atoms with Gasteiger partial charge in [0.15, 0.2) is 0 Å². The smallest absolute Gasteiger partial charge is 0.0822 e. The van der Waals surface area contributed by atoms with Gasteiger partial charge in [0.1, 0.15) is 0 Å². The second-order valence-corrected chi connectivity index (χ2v) is 6.44. The van der Waals surface area contributed by atoms with Gasteiger partial charge in [0, 0.05) is 6.61 Å². The quantitative estimate of drug-likeness (QED) is 0.308. The van der Waals surface area contributed by atoms with Crippen LogP contribution in [0.1, 0.15) is 109 Å². The van der Waals surface area contributed by atoms with E-state index in [1.165, 1.54) is 89.9 Å². The lowest BCUT2D eigenvalue weighted by Gasteiger charge is -2.03. The Morgan fingerprint density at radius 1 is 0.381 bits per heavy atom. The zero-order chi connectivity index (χ0) is 15.4. The summed E-state index contributed by atoms with van der Waals surface area (Å²) in [6, 6.07) is 0. The Hall–Kier alpha value is -0.0800. The first kappa shape index (κ1) is 20.9. The Kier molecular flexibility index (Phi) is 19.8. The van der Waals surface area contributed by atoms with Gasteiger partial charge in [-0.25, -0.2) is 5.11 Å². The minimum Gasteiger partial charge on any atom is -0.396 e. The average molecular weight is 300 g/mol. The number of aliphatic hydroxyl groups excluding tert-OH is 1. The first-order valence-electron chi connectivity index (χ1n) is 9.60. The fraction of sp³-hybridized carbons (Fsp3) is 1.00. The van der Waals surface area contributed by atoms with Crippen molar-refractivity contribution >= 4 is 0 Å². The molecule has 0 saturated heterocycles. The van der Waals surface area contributed by atoms with Crippen molar-refractivity contribution in [3.8, 4) is 0 Å². The molecular formula is C19H39O2. The van der Waals surface area contributed by atoms with Crippen LogP contribution < -0.4 is 0 Å². The van der Waals surface area contributed by atoms with E-state index in [1.807, 2.05) is 0 Å². The van der Waals surface area contributed by atoms with Crippen molar-refractivity contribution in [2.75, 3.05) is 13.2 Å². The molecule has 0 atom stereocenters. The third-order valence-corrected chi connectivity index (χ3v) is 4.30. The van der Waals surface area contributed by atoms with E-state index in [1.54, 1.807) is 0 Å². The fourth-order valence-electron chi connectivity index (χ4n) is 2.87. The van der Waals surface area contributed by atoms with Gasteiger partial charge in [0.25, 0.3) is 0 Å². The molecule has 1 N–H and O–H groups in total. The van der Waals surface area contributed by atoms with Gasteiger partial charge in [-0.2, -0.15) is 0 Å². The van der Waals surface area contributed by atoms with Crippen molar-refractivity contribution in [2.24, 2.45) is 0 Å². The molecule has 21 heavy (non-hydrogen) atoms. The molecule has 0 saturated carbocycles. The first-order chi connectivity index (χ1) is 10.4. The summed E-state index contributed by atoms with van der Waals surface area (Å²) < 4.78 is 0. The number of hydrogen-bond donors (Lipinski definition) is 1. The molecule has 0 spiro atoms. The monoisotopic (exact) mass is 299 g/mol. The Balaban J connectivity index is 2.90. The molecule has 0 amide bonds. The summed E-state index contributed by atoms with van der Waals surface area (Å²) in [6.45, 7) is 0.475. The molecule has 0 unspecified atom stereocenters. The summed E-state index contributed by atoms with van der Waals surface area (Å²) in [5.74, 6) is 0. The summed E-state index contributed by atoms with van der Waals surface area (Å²) in [5.41, 5.74) is 0. The number of unbranched alkanes of at least 4 members (excludes halogenated alkanes) is 16. The number of rotatable bonds is 18. The molecule has 2 nitrogen and oxygen atoms in total. The maximum absolute atomic E-state index is 10.3. The van der Waals surface area contributed by atoms with Crippen LogP contribution in [0.2, 0.25) is 0 Å². The molecule has 0 rings (SSSR count). The fourth-order valence-corrected chi connectivity index (χ4v) is 2.87. The number of hydrogen-bond acceptors (Lipinski definition) is 1. The van der Waals surface area contributed by atoms with Crippen LogP contribution >= 0.6 is 0 Å². The Morgan fingerprint density at radius 2 is 0.619 bits per heavy atom. The summed E-state index contributed by atoms with van der Waals surface area (Å²) in [6.07, 6.45) is 22.1. The predicted octanol–water partition coefficient (Wildman–Crippen LogP) is 6.04. The average Bonchev–Trinajstić information content (AvgIpc) is 2.50. The molecule has 0 aromatic rings. The van der Waals surface area contributed by atoms with Crippen LogP contribution in [0.3, 0.4) is 0 Å². The summed E-state index contributed by atoms with van der Waals surface area (Å²) in [7, 11) is 0. The highest BCUT2D eigenvalue weighted by Gasteiger charge is 1.94. The van der Waals surface area contributed by atoms with Crippen molar-refractivity contribution in [3.05, 3.63) is 0 Å². The second kappa shape index (κ2) is 19.9. The third-order valence-electron chi connectivity index (χ3n) is 4.30. The normalized spacial score (nSPS) is 11.1. The van der Waals surface area contributed by atoms with E-state index < -0.39 is 0 Å². The SMILES string of the molecule is [O]CCCCCCCCCCCCCCCCCCCO. The highest BCUT2D eigenvalue weighted by Crippen LogP contribution is 2.13. The lowest BCUT2D eigenvalue weighted by Crippen LogP contribution is -1.85. The van der Waals surface area contributed by atoms with E-state index >= 15 is 0 Å². The zero-order valence-electron chi connectivity index (χ0n) is 14.3. The van der Waals surface area contributed by atoms with Crippen LogP contribution in [-0.2, 0) is 5.11 Å². The minimum atomic E-state index is 0.114. The van der Waals surface area contributed by atoms with Crippen LogP contribution in [-0.4, -0.2) is 18.3 Å². The number of aliphatic hydroxyl groups is 1. The lowest BCUT2D eigenvalue weighted by atomic mass is 10.0. The van der Waals surface area contributed by atoms with E-state index in [2.05, 4.69) is 0 Å². The molecule has 127 valence electrons. The molecular weight excluding hydrogens is 260 g/mol. The molecule has 0 aliphatic rings. The summed E-state index contributed by atoms with van der Waals surface area (Å²) in [5, 5.41) is 19.0. The molecule has 0 aliphatic carbocycles. The maximum Gasteiger partial charge on any atom is 0.0822 e. The largest absolute Gasteiger partial charge is 0.396 e. The van der Waals surface area contributed by atoms with E-state index in [4.69, 9.17) is 5.11 Å². The van der Waals surface area contributed by atoms with E-state index in [0.29, 0.717) is 6.61 Å². The van der Waals surface area contributed by atoms with Gasteiger partial charge in [0.2, 0.25) is 0 Å². The molecule has 1 radical (unpaired) electrons. The van der Waals surface area contributed by atoms with Crippen LogP contribution in [0.15, 0.2) is 0 Å². The molecule has 0 aromatic heterocycles. The Morgan fingerprint density at radius 3 is 0.857 bits per heavy atom. The zero-order valence-corrected chi connectivity index (χ0v) is 14.3. The molecule has 0 heterocycles. The molecule has 0 aromatic carbocycles. The predicted molar refractivity (Wildman–Crippen MR) is 91.1 cm³/mol. The standard InChI is InChI=1S/C19H39O2/c20-18-16-14-12-10-8-6-4-2-1-3-5-7-9-11-13-15-17-19-21/h20H,1-19H2. The van der Waals surface area contributed by atoms with Crippen molar-refractivity contribution in [2.45, 2.75) is 109 Å².